The lowest BCUT2D eigenvalue weighted by atomic mass is 10.2. The van der Waals surface area contributed by atoms with Crippen molar-refractivity contribution in [2.75, 3.05) is 19.8 Å². The summed E-state index contributed by atoms with van der Waals surface area (Å²) in [6, 6.07) is 3.90. The fraction of sp³-hybridized carbons (Fsp3) is 0.333. The van der Waals surface area contributed by atoms with Crippen molar-refractivity contribution in [2.24, 2.45) is 0 Å². The van der Waals surface area contributed by atoms with Gasteiger partial charge in [-0.3, -0.25) is 9.20 Å². The van der Waals surface area contributed by atoms with Gasteiger partial charge in [0, 0.05) is 24.8 Å². The van der Waals surface area contributed by atoms with Crippen LogP contribution in [0.2, 0.25) is 0 Å². The van der Waals surface area contributed by atoms with Crippen LogP contribution in [0, 0.1) is 3.70 Å². The minimum Gasteiger partial charge on any atom is -0.352 e. The number of fused-ring (bicyclic) bond motifs is 1. The second-order valence-corrected chi connectivity index (χ2v) is 5.06. The number of amides is 1. The lowest BCUT2D eigenvalue weighted by molar-refractivity contribution is -0.120. The van der Waals surface area contributed by atoms with Gasteiger partial charge in [0.2, 0.25) is 5.91 Å². The van der Waals surface area contributed by atoms with Gasteiger partial charge in [-0.05, 0) is 28.7 Å². The summed E-state index contributed by atoms with van der Waals surface area (Å²) in [6.45, 7) is 0.228. The third kappa shape index (κ3) is 3.63. The van der Waals surface area contributed by atoms with E-state index in [1.54, 1.807) is 6.20 Å². The van der Waals surface area contributed by atoms with Crippen molar-refractivity contribution in [3.05, 3.63) is 33.8 Å². The fourth-order valence-electron chi connectivity index (χ4n) is 1.74. The zero-order chi connectivity index (χ0) is 13.7. The first-order valence-corrected chi connectivity index (χ1v) is 6.94. The van der Waals surface area contributed by atoms with E-state index in [1.807, 2.05) is 22.7 Å². The summed E-state index contributed by atoms with van der Waals surface area (Å²) in [5, 5.41) is 5.48. The largest absolute Gasteiger partial charge is 0.352 e. The molecule has 2 aromatic heterocycles. The second kappa shape index (κ2) is 6.80. The number of pyridine rings is 1. The van der Waals surface area contributed by atoms with Crippen LogP contribution in [0.3, 0.4) is 0 Å². The number of hydrogen-bond donors (Lipinski definition) is 2. The van der Waals surface area contributed by atoms with Gasteiger partial charge in [-0.2, -0.15) is 0 Å². The first-order chi connectivity index (χ1) is 9.22. The number of imidazole rings is 1. The number of carbonyl (C=O) groups is 1. The normalized spacial score (nSPS) is 10.8. The van der Waals surface area contributed by atoms with Crippen LogP contribution >= 0.6 is 22.6 Å². The van der Waals surface area contributed by atoms with Crippen molar-refractivity contribution in [3.63, 3.8) is 0 Å². The Bertz CT molecular complexity index is 572. The molecule has 0 fully saturated rings. The second-order valence-electron chi connectivity index (χ2n) is 3.95. The van der Waals surface area contributed by atoms with Crippen LogP contribution in [0.15, 0.2) is 24.5 Å². The molecule has 0 aliphatic carbocycles. The molecule has 0 aliphatic heterocycles. The maximum absolute atomic E-state index is 11.9. The quantitative estimate of drug-likeness (QED) is 0.743. The smallest absolute Gasteiger partial charge is 0.234 e. The van der Waals surface area contributed by atoms with Gasteiger partial charge in [0.1, 0.15) is 16.0 Å². The Balaban J connectivity index is 1.93. The molecule has 0 unspecified atom stereocenters. The van der Waals surface area contributed by atoms with E-state index in [-0.39, 0.29) is 19.0 Å². The Morgan fingerprint density at radius 1 is 1.53 bits per heavy atom. The van der Waals surface area contributed by atoms with Crippen LogP contribution in [0.25, 0.3) is 5.65 Å². The number of nitrogens with zero attached hydrogens (tertiary/aromatic N) is 2. The van der Waals surface area contributed by atoms with Crippen molar-refractivity contribution in [1.82, 2.24) is 20.0 Å². The predicted molar refractivity (Wildman–Crippen MR) is 78.6 cm³/mol. The highest BCUT2D eigenvalue weighted by Crippen LogP contribution is 2.13. The average molecular weight is 376 g/mol. The maximum atomic E-state index is 11.9. The number of nitrogens with one attached hydrogen (secondary N) is 2. The minimum absolute atomic E-state index is 0.0640. The highest BCUT2D eigenvalue weighted by molar-refractivity contribution is 14.1. The number of hydrogen-bond acceptors (Lipinski definition) is 3. The molecule has 19 heavy (non-hydrogen) atoms. The van der Waals surface area contributed by atoms with Gasteiger partial charge in [-0.25, -0.2) is 9.37 Å². The molecule has 0 radical (unpaired) electrons. The summed E-state index contributed by atoms with van der Waals surface area (Å²) >= 11 is 2.21. The van der Waals surface area contributed by atoms with Gasteiger partial charge in [0.25, 0.3) is 0 Å². The topological polar surface area (TPSA) is 58.4 Å². The van der Waals surface area contributed by atoms with E-state index in [0.29, 0.717) is 6.54 Å². The average Bonchev–Trinajstić information content (AvgIpc) is 2.79. The first-order valence-electron chi connectivity index (χ1n) is 5.86. The Morgan fingerprint density at radius 2 is 2.37 bits per heavy atom. The molecule has 2 heterocycles. The van der Waals surface area contributed by atoms with Crippen molar-refractivity contribution >= 4 is 34.1 Å². The summed E-state index contributed by atoms with van der Waals surface area (Å²) < 4.78 is 14.9. The van der Waals surface area contributed by atoms with E-state index < -0.39 is 6.67 Å². The van der Waals surface area contributed by atoms with Crippen LogP contribution in [0.5, 0.6) is 0 Å². The van der Waals surface area contributed by atoms with Gasteiger partial charge in [-0.1, -0.05) is 6.07 Å². The Hall–Kier alpha value is -1.22. The number of carbonyl (C=O) groups excluding carboxylic acids is 1. The monoisotopic (exact) mass is 376 g/mol. The Labute approximate surface area is 123 Å². The highest BCUT2D eigenvalue weighted by Gasteiger charge is 2.06. The van der Waals surface area contributed by atoms with Gasteiger partial charge in [0.05, 0.1) is 12.7 Å². The molecule has 102 valence electrons. The van der Waals surface area contributed by atoms with E-state index in [1.165, 1.54) is 0 Å². The third-order valence-electron chi connectivity index (χ3n) is 2.59. The molecule has 7 heteroatoms. The van der Waals surface area contributed by atoms with Crippen LogP contribution in [-0.4, -0.2) is 35.1 Å². The lowest BCUT2D eigenvalue weighted by Crippen LogP contribution is -2.34. The molecule has 0 saturated carbocycles. The van der Waals surface area contributed by atoms with Gasteiger partial charge < -0.3 is 10.6 Å². The molecule has 5 nitrogen and oxygen atoms in total. The molecular weight excluding hydrogens is 362 g/mol. The van der Waals surface area contributed by atoms with E-state index in [4.69, 9.17) is 0 Å². The standard InChI is InChI=1S/C12H14FIN4O/c13-3-4-16-11(19)8-15-6-9-2-1-5-18-10(14)7-17-12(9)18/h1-2,5,7,15H,3-4,6,8H2,(H,16,19). The van der Waals surface area contributed by atoms with Crippen molar-refractivity contribution in [3.8, 4) is 0 Å². The van der Waals surface area contributed by atoms with E-state index in [2.05, 4.69) is 38.2 Å². The third-order valence-corrected chi connectivity index (χ3v) is 3.39. The summed E-state index contributed by atoms with van der Waals surface area (Å²) in [6.07, 6.45) is 3.74. The molecule has 0 atom stereocenters. The van der Waals surface area contributed by atoms with E-state index in [0.717, 1.165) is 14.9 Å². The molecule has 0 aromatic carbocycles. The van der Waals surface area contributed by atoms with E-state index in [9.17, 15) is 9.18 Å². The molecule has 1 amide bonds. The zero-order valence-corrected chi connectivity index (χ0v) is 12.4. The first kappa shape index (κ1) is 14.2. The van der Waals surface area contributed by atoms with Gasteiger partial charge in [0.15, 0.2) is 0 Å². The number of alkyl halides is 1. The van der Waals surface area contributed by atoms with Crippen LogP contribution in [0.4, 0.5) is 4.39 Å². The highest BCUT2D eigenvalue weighted by atomic mass is 127. The molecule has 2 aromatic rings. The molecule has 2 N–H and O–H groups in total. The molecule has 0 aliphatic rings. The van der Waals surface area contributed by atoms with Crippen molar-refractivity contribution in [1.29, 1.82) is 0 Å². The van der Waals surface area contributed by atoms with E-state index >= 15 is 0 Å². The molecular formula is C12H14FIN4O. The van der Waals surface area contributed by atoms with Gasteiger partial charge in [-0.15, -0.1) is 0 Å². The zero-order valence-electron chi connectivity index (χ0n) is 10.2. The summed E-state index contributed by atoms with van der Waals surface area (Å²) in [5.74, 6) is -0.206. The SMILES string of the molecule is O=C(CNCc1cccn2c(I)cnc12)NCCF. The summed E-state index contributed by atoms with van der Waals surface area (Å²) in [4.78, 5) is 15.6. The van der Waals surface area contributed by atoms with Gasteiger partial charge >= 0.3 is 0 Å². The fourth-order valence-corrected chi connectivity index (χ4v) is 2.27. The Morgan fingerprint density at radius 3 is 3.16 bits per heavy atom. The van der Waals surface area contributed by atoms with Crippen molar-refractivity contribution in [2.45, 2.75) is 6.54 Å². The molecule has 0 spiro atoms. The lowest BCUT2D eigenvalue weighted by Gasteiger charge is -2.06. The van der Waals surface area contributed by atoms with Crippen LogP contribution in [-0.2, 0) is 11.3 Å². The maximum Gasteiger partial charge on any atom is 0.234 e. The molecule has 2 rings (SSSR count). The minimum atomic E-state index is -0.544. The van der Waals surface area contributed by atoms with Crippen LogP contribution in [0.1, 0.15) is 5.56 Å². The summed E-state index contributed by atoms with van der Waals surface area (Å²) in [5.41, 5.74) is 1.90. The predicted octanol–water partition coefficient (Wildman–Crippen LogP) is 1.11. The number of aromatic nitrogens is 2. The molecule has 0 bridgehead atoms. The molecule has 0 saturated heterocycles. The summed E-state index contributed by atoms with van der Waals surface area (Å²) in [7, 11) is 0. The Kier molecular flexibility index (Phi) is 5.08. The van der Waals surface area contributed by atoms with Crippen molar-refractivity contribution < 1.29 is 9.18 Å². The number of halogens is 2. The van der Waals surface area contributed by atoms with Crippen LogP contribution < -0.4 is 10.6 Å². The number of rotatable bonds is 6.